The lowest BCUT2D eigenvalue weighted by Crippen LogP contribution is -2.25. The highest BCUT2D eigenvalue weighted by atomic mass is 16.5. The maximum atomic E-state index is 5.42. The second-order valence-electron chi connectivity index (χ2n) is 4.93. The lowest BCUT2D eigenvalue weighted by atomic mass is 10.1. The molecule has 4 nitrogen and oxygen atoms in total. The third-order valence-corrected chi connectivity index (χ3v) is 3.02. The van der Waals surface area contributed by atoms with Gasteiger partial charge < -0.3 is 14.6 Å². The molecule has 0 saturated heterocycles. The monoisotopic (exact) mass is 239 g/mol. The molecule has 0 radical (unpaired) electrons. The molecule has 1 aromatic heterocycles. The molecule has 98 valence electrons. The van der Waals surface area contributed by atoms with Gasteiger partial charge in [0.15, 0.2) is 0 Å². The number of aryl methyl sites for hydroxylation is 1. The molecule has 0 aliphatic rings. The average molecular weight is 239 g/mol. The van der Waals surface area contributed by atoms with Crippen molar-refractivity contribution in [2.45, 2.75) is 52.3 Å². The first-order chi connectivity index (χ1) is 8.09. The van der Waals surface area contributed by atoms with Crippen LogP contribution in [-0.2, 0) is 17.8 Å². The van der Waals surface area contributed by atoms with Gasteiger partial charge in [-0.3, -0.25) is 0 Å². The summed E-state index contributed by atoms with van der Waals surface area (Å²) in [6.45, 7) is 9.22. The van der Waals surface area contributed by atoms with Crippen molar-refractivity contribution in [3.05, 3.63) is 18.2 Å². The molecular formula is C13H25N3O. The van der Waals surface area contributed by atoms with Crippen LogP contribution < -0.4 is 5.32 Å². The van der Waals surface area contributed by atoms with Gasteiger partial charge in [0.1, 0.15) is 5.82 Å². The van der Waals surface area contributed by atoms with Crippen molar-refractivity contribution < 1.29 is 4.74 Å². The second kappa shape index (κ2) is 6.77. The minimum Gasteiger partial charge on any atom is -0.379 e. The van der Waals surface area contributed by atoms with Crippen molar-refractivity contribution in [1.29, 1.82) is 0 Å². The molecule has 0 aliphatic carbocycles. The van der Waals surface area contributed by atoms with Gasteiger partial charge in [0.2, 0.25) is 0 Å². The summed E-state index contributed by atoms with van der Waals surface area (Å²) in [5.41, 5.74) is -0.0710. The standard InChI is InChI=1S/C13H25N3O/c1-5-7-14-11-12-15-8-10-16(12)9-6-13(2,3)17-4/h8,10,14H,5-7,9,11H2,1-4H3. The minimum atomic E-state index is -0.0710. The fraction of sp³-hybridized carbons (Fsp3) is 0.769. The van der Waals surface area contributed by atoms with Crippen molar-refractivity contribution in [3.8, 4) is 0 Å². The van der Waals surface area contributed by atoms with Gasteiger partial charge in [-0.05, 0) is 33.2 Å². The van der Waals surface area contributed by atoms with Crippen LogP contribution in [0.2, 0.25) is 0 Å². The van der Waals surface area contributed by atoms with E-state index in [1.807, 2.05) is 12.4 Å². The summed E-state index contributed by atoms with van der Waals surface area (Å²) in [6.07, 6.45) is 6.04. The molecule has 0 spiro atoms. The first-order valence-electron chi connectivity index (χ1n) is 6.35. The molecule has 0 aromatic carbocycles. The van der Waals surface area contributed by atoms with E-state index in [4.69, 9.17) is 4.74 Å². The Morgan fingerprint density at radius 1 is 1.47 bits per heavy atom. The highest BCUT2D eigenvalue weighted by Gasteiger charge is 2.16. The zero-order chi connectivity index (χ0) is 12.7. The van der Waals surface area contributed by atoms with Crippen LogP contribution in [0, 0.1) is 0 Å². The summed E-state index contributed by atoms with van der Waals surface area (Å²) in [6, 6.07) is 0. The van der Waals surface area contributed by atoms with E-state index in [-0.39, 0.29) is 5.60 Å². The van der Waals surface area contributed by atoms with Crippen LogP contribution in [0.3, 0.4) is 0 Å². The van der Waals surface area contributed by atoms with Crippen LogP contribution in [0.4, 0.5) is 0 Å². The van der Waals surface area contributed by atoms with E-state index in [0.717, 1.165) is 38.3 Å². The Morgan fingerprint density at radius 2 is 2.24 bits per heavy atom. The van der Waals surface area contributed by atoms with Crippen molar-refractivity contribution in [3.63, 3.8) is 0 Å². The average Bonchev–Trinajstić information content (AvgIpc) is 2.75. The van der Waals surface area contributed by atoms with Crippen molar-refractivity contribution in [2.75, 3.05) is 13.7 Å². The highest BCUT2D eigenvalue weighted by Crippen LogP contribution is 2.14. The molecule has 0 atom stereocenters. The Morgan fingerprint density at radius 3 is 2.88 bits per heavy atom. The number of ether oxygens (including phenoxy) is 1. The molecule has 1 aromatic rings. The van der Waals surface area contributed by atoms with E-state index in [1.54, 1.807) is 7.11 Å². The fourth-order valence-electron chi connectivity index (χ4n) is 1.58. The predicted molar refractivity (Wildman–Crippen MR) is 69.9 cm³/mol. The Balaban J connectivity index is 2.45. The van der Waals surface area contributed by atoms with Gasteiger partial charge >= 0.3 is 0 Å². The molecule has 17 heavy (non-hydrogen) atoms. The van der Waals surface area contributed by atoms with Crippen LogP contribution >= 0.6 is 0 Å². The fourth-order valence-corrected chi connectivity index (χ4v) is 1.58. The summed E-state index contributed by atoms with van der Waals surface area (Å²) < 4.78 is 7.62. The number of nitrogens with one attached hydrogen (secondary N) is 1. The van der Waals surface area contributed by atoms with Crippen LogP contribution in [0.1, 0.15) is 39.4 Å². The number of rotatable bonds is 8. The number of aromatic nitrogens is 2. The first kappa shape index (κ1) is 14.2. The first-order valence-corrected chi connectivity index (χ1v) is 6.35. The smallest absolute Gasteiger partial charge is 0.122 e. The lowest BCUT2D eigenvalue weighted by Gasteiger charge is -2.23. The minimum absolute atomic E-state index is 0.0710. The van der Waals surface area contributed by atoms with Gasteiger partial charge in [0.05, 0.1) is 12.1 Å². The summed E-state index contributed by atoms with van der Waals surface area (Å²) in [4.78, 5) is 4.37. The lowest BCUT2D eigenvalue weighted by molar-refractivity contribution is 0.0119. The van der Waals surface area contributed by atoms with Gasteiger partial charge in [0.25, 0.3) is 0 Å². The van der Waals surface area contributed by atoms with Crippen LogP contribution in [0.15, 0.2) is 12.4 Å². The van der Waals surface area contributed by atoms with Gasteiger partial charge in [-0.25, -0.2) is 4.98 Å². The Labute approximate surface area is 104 Å². The Bertz CT molecular complexity index is 320. The van der Waals surface area contributed by atoms with Crippen LogP contribution in [0.25, 0.3) is 0 Å². The number of hydrogen-bond acceptors (Lipinski definition) is 3. The molecule has 4 heteroatoms. The zero-order valence-corrected chi connectivity index (χ0v) is 11.5. The van der Waals surface area contributed by atoms with E-state index in [0.29, 0.717) is 0 Å². The third-order valence-electron chi connectivity index (χ3n) is 3.02. The summed E-state index contributed by atoms with van der Waals surface area (Å²) in [7, 11) is 1.76. The SMILES string of the molecule is CCCNCc1nccn1CCC(C)(C)OC. The number of imidazole rings is 1. The Hall–Kier alpha value is -0.870. The van der Waals surface area contributed by atoms with E-state index >= 15 is 0 Å². The Kier molecular flexibility index (Phi) is 5.65. The van der Waals surface area contributed by atoms with Crippen molar-refractivity contribution >= 4 is 0 Å². The third kappa shape index (κ3) is 4.88. The second-order valence-corrected chi connectivity index (χ2v) is 4.93. The molecule has 0 amide bonds. The summed E-state index contributed by atoms with van der Waals surface area (Å²) in [5.74, 6) is 1.10. The molecular weight excluding hydrogens is 214 g/mol. The topological polar surface area (TPSA) is 39.1 Å². The van der Waals surface area contributed by atoms with Gasteiger partial charge in [-0.1, -0.05) is 6.92 Å². The quantitative estimate of drug-likeness (QED) is 0.707. The number of nitrogens with zero attached hydrogens (tertiary/aromatic N) is 2. The van der Waals surface area contributed by atoms with Crippen molar-refractivity contribution in [1.82, 2.24) is 14.9 Å². The largest absolute Gasteiger partial charge is 0.379 e. The molecule has 1 rings (SSSR count). The molecule has 0 saturated carbocycles. The molecule has 0 aliphatic heterocycles. The van der Waals surface area contributed by atoms with Gasteiger partial charge in [0, 0.05) is 26.0 Å². The van der Waals surface area contributed by atoms with Crippen molar-refractivity contribution in [2.24, 2.45) is 0 Å². The van der Waals surface area contributed by atoms with E-state index in [2.05, 4.69) is 35.6 Å². The normalized spacial score (nSPS) is 12.0. The van der Waals surface area contributed by atoms with E-state index in [1.165, 1.54) is 0 Å². The van der Waals surface area contributed by atoms with E-state index < -0.39 is 0 Å². The van der Waals surface area contributed by atoms with Gasteiger partial charge in [-0.2, -0.15) is 0 Å². The molecule has 1 heterocycles. The number of hydrogen-bond donors (Lipinski definition) is 1. The number of methoxy groups -OCH3 is 1. The zero-order valence-electron chi connectivity index (χ0n) is 11.5. The molecule has 0 unspecified atom stereocenters. The maximum Gasteiger partial charge on any atom is 0.122 e. The van der Waals surface area contributed by atoms with Gasteiger partial charge in [-0.15, -0.1) is 0 Å². The predicted octanol–water partition coefficient (Wildman–Crippen LogP) is 2.20. The van der Waals surface area contributed by atoms with E-state index in [9.17, 15) is 0 Å². The maximum absolute atomic E-state index is 5.42. The molecule has 0 fully saturated rings. The summed E-state index contributed by atoms with van der Waals surface area (Å²) in [5, 5.41) is 3.37. The van der Waals surface area contributed by atoms with Crippen LogP contribution in [0.5, 0.6) is 0 Å². The van der Waals surface area contributed by atoms with Crippen LogP contribution in [-0.4, -0.2) is 28.8 Å². The highest BCUT2D eigenvalue weighted by molar-refractivity contribution is 4.92. The molecule has 0 bridgehead atoms. The molecule has 1 N–H and O–H groups in total. The summed E-state index contributed by atoms with van der Waals surface area (Å²) >= 11 is 0.